The fourth-order valence-corrected chi connectivity index (χ4v) is 3.50. The molecular formula is C16H26N4O3S. The number of fused-ring (bicyclic) bond motifs is 1. The van der Waals surface area contributed by atoms with E-state index in [9.17, 15) is 9.59 Å². The summed E-state index contributed by atoms with van der Waals surface area (Å²) in [5.74, 6) is 2.09. The smallest absolute Gasteiger partial charge is 0.241 e. The Morgan fingerprint density at radius 1 is 1.29 bits per heavy atom. The third-order valence-corrected chi connectivity index (χ3v) is 4.46. The molecule has 0 unspecified atom stereocenters. The Bertz CT molecular complexity index is 607. The summed E-state index contributed by atoms with van der Waals surface area (Å²) in [5.41, 5.74) is 1.90. The normalized spacial score (nSPS) is 13.7. The molecule has 0 fully saturated rings. The van der Waals surface area contributed by atoms with Crippen LogP contribution in [-0.4, -0.2) is 41.9 Å². The van der Waals surface area contributed by atoms with Crippen LogP contribution in [0.5, 0.6) is 0 Å². The summed E-state index contributed by atoms with van der Waals surface area (Å²) >= 11 is 1.76. The van der Waals surface area contributed by atoms with Gasteiger partial charge in [-0.05, 0) is 5.41 Å². The first kappa shape index (κ1) is 18.8. The second-order valence-electron chi connectivity index (χ2n) is 7.05. The topological polar surface area (TPSA) is 85.2 Å². The highest BCUT2D eigenvalue weighted by Crippen LogP contribution is 2.35. The van der Waals surface area contributed by atoms with Crippen molar-refractivity contribution in [2.45, 2.75) is 45.2 Å². The van der Waals surface area contributed by atoms with Crippen molar-refractivity contribution in [3.63, 3.8) is 0 Å². The maximum absolute atomic E-state index is 12.3. The Balaban J connectivity index is 2.08. The second kappa shape index (κ2) is 8.02. The molecule has 1 aromatic heterocycles. The summed E-state index contributed by atoms with van der Waals surface area (Å²) in [6.07, 6.45) is 0.417. The number of carbonyl (C=O) groups is 2. The lowest BCUT2D eigenvalue weighted by molar-refractivity contribution is -0.122. The molecule has 0 aromatic carbocycles. The SMILES string of the molecule is COCCNC(=O)Cn1nc2c(c1NC(=O)CC(C)(C)C)CSC2. The molecule has 2 rings (SSSR count). The van der Waals surface area contributed by atoms with Gasteiger partial charge < -0.3 is 15.4 Å². The van der Waals surface area contributed by atoms with Crippen LogP contribution < -0.4 is 10.6 Å². The van der Waals surface area contributed by atoms with Crippen LogP contribution in [0.4, 0.5) is 5.82 Å². The number of carbonyl (C=O) groups excluding carboxylic acids is 2. The van der Waals surface area contributed by atoms with Crippen molar-refractivity contribution in [1.29, 1.82) is 0 Å². The number of hydrogen-bond donors (Lipinski definition) is 2. The van der Waals surface area contributed by atoms with Crippen LogP contribution in [0, 0.1) is 5.41 Å². The number of nitrogens with zero attached hydrogens (tertiary/aromatic N) is 2. The van der Waals surface area contributed by atoms with Gasteiger partial charge in [0.25, 0.3) is 0 Å². The van der Waals surface area contributed by atoms with Gasteiger partial charge in [-0.2, -0.15) is 16.9 Å². The Morgan fingerprint density at radius 2 is 2.04 bits per heavy atom. The molecule has 7 nitrogen and oxygen atoms in total. The lowest BCUT2D eigenvalue weighted by Crippen LogP contribution is -2.31. The number of anilines is 1. The molecule has 2 N–H and O–H groups in total. The highest BCUT2D eigenvalue weighted by molar-refractivity contribution is 7.98. The summed E-state index contributed by atoms with van der Waals surface area (Å²) in [6.45, 7) is 7.08. The largest absolute Gasteiger partial charge is 0.383 e. The van der Waals surface area contributed by atoms with Crippen molar-refractivity contribution in [2.24, 2.45) is 5.41 Å². The molecule has 2 heterocycles. The highest BCUT2D eigenvalue weighted by Gasteiger charge is 2.26. The van der Waals surface area contributed by atoms with Crippen LogP contribution >= 0.6 is 11.8 Å². The van der Waals surface area contributed by atoms with Gasteiger partial charge >= 0.3 is 0 Å². The first-order valence-electron chi connectivity index (χ1n) is 8.02. The lowest BCUT2D eigenvalue weighted by Gasteiger charge is -2.18. The molecule has 2 amide bonds. The molecule has 1 aliphatic heterocycles. The van der Waals surface area contributed by atoms with Gasteiger partial charge in [-0.3, -0.25) is 9.59 Å². The predicted octanol–water partition coefficient (Wildman–Crippen LogP) is 1.77. The first-order chi connectivity index (χ1) is 11.3. The van der Waals surface area contributed by atoms with Crippen LogP contribution in [0.3, 0.4) is 0 Å². The second-order valence-corrected chi connectivity index (χ2v) is 8.04. The van der Waals surface area contributed by atoms with Gasteiger partial charge in [0.2, 0.25) is 11.8 Å². The molecule has 0 bridgehead atoms. The maximum atomic E-state index is 12.3. The molecular weight excluding hydrogens is 328 g/mol. The van der Waals surface area contributed by atoms with Crippen molar-refractivity contribution in [2.75, 3.05) is 25.6 Å². The van der Waals surface area contributed by atoms with Gasteiger partial charge in [0.05, 0.1) is 12.3 Å². The molecule has 134 valence electrons. The van der Waals surface area contributed by atoms with E-state index < -0.39 is 0 Å². The number of aromatic nitrogens is 2. The van der Waals surface area contributed by atoms with E-state index in [4.69, 9.17) is 4.74 Å². The van der Waals surface area contributed by atoms with Gasteiger partial charge in [0.15, 0.2) is 0 Å². The summed E-state index contributed by atoms with van der Waals surface area (Å²) in [7, 11) is 1.59. The van der Waals surface area contributed by atoms with E-state index in [-0.39, 0.29) is 23.8 Å². The average Bonchev–Trinajstić information content (AvgIpc) is 3.01. The van der Waals surface area contributed by atoms with E-state index in [1.165, 1.54) is 0 Å². The van der Waals surface area contributed by atoms with E-state index in [1.54, 1.807) is 23.6 Å². The zero-order valence-electron chi connectivity index (χ0n) is 14.8. The molecule has 1 aromatic rings. The molecule has 0 saturated carbocycles. The Hall–Kier alpha value is -1.54. The standard InChI is InChI=1S/C16H26N4O3S/c1-16(2,3)7-13(21)18-15-11-9-24-10-12(11)19-20(15)8-14(22)17-5-6-23-4/h5-10H2,1-4H3,(H,17,22)(H,18,21). The quantitative estimate of drug-likeness (QED) is 0.729. The molecule has 24 heavy (non-hydrogen) atoms. The van der Waals surface area contributed by atoms with E-state index >= 15 is 0 Å². The molecule has 0 aliphatic carbocycles. The van der Waals surface area contributed by atoms with Crippen molar-refractivity contribution in [1.82, 2.24) is 15.1 Å². The van der Waals surface area contributed by atoms with Crippen LogP contribution in [0.25, 0.3) is 0 Å². The number of thioether (sulfide) groups is 1. The Labute approximate surface area is 146 Å². The number of methoxy groups -OCH3 is 1. The Morgan fingerprint density at radius 3 is 2.71 bits per heavy atom. The number of hydrogen-bond acceptors (Lipinski definition) is 5. The van der Waals surface area contributed by atoms with Gasteiger partial charge in [0, 0.05) is 37.1 Å². The first-order valence-corrected chi connectivity index (χ1v) is 9.17. The van der Waals surface area contributed by atoms with Crippen LogP contribution in [0.2, 0.25) is 0 Å². The van der Waals surface area contributed by atoms with Crippen molar-refractivity contribution in [3.05, 3.63) is 11.3 Å². The van der Waals surface area contributed by atoms with Crippen LogP contribution in [0.1, 0.15) is 38.4 Å². The van der Waals surface area contributed by atoms with Crippen molar-refractivity contribution >= 4 is 29.4 Å². The summed E-state index contributed by atoms with van der Waals surface area (Å²) in [6, 6.07) is 0. The van der Waals surface area contributed by atoms with E-state index in [1.807, 2.05) is 20.8 Å². The van der Waals surface area contributed by atoms with Gasteiger partial charge in [-0.25, -0.2) is 4.68 Å². The summed E-state index contributed by atoms with van der Waals surface area (Å²) < 4.78 is 6.52. The molecule has 0 atom stereocenters. The van der Waals surface area contributed by atoms with Crippen molar-refractivity contribution in [3.8, 4) is 0 Å². The Kier molecular flexibility index (Phi) is 6.28. The van der Waals surface area contributed by atoms with Crippen molar-refractivity contribution < 1.29 is 14.3 Å². The predicted molar refractivity (Wildman–Crippen MR) is 94.8 cm³/mol. The fourth-order valence-electron chi connectivity index (χ4n) is 2.46. The van der Waals surface area contributed by atoms with E-state index in [2.05, 4.69) is 15.7 Å². The van der Waals surface area contributed by atoms with Crippen LogP contribution in [0.15, 0.2) is 0 Å². The zero-order valence-corrected chi connectivity index (χ0v) is 15.6. The third kappa shape index (κ3) is 5.24. The van der Waals surface area contributed by atoms with Gasteiger partial charge in [0.1, 0.15) is 12.4 Å². The minimum Gasteiger partial charge on any atom is -0.383 e. The zero-order chi connectivity index (χ0) is 17.7. The number of ether oxygens (including phenoxy) is 1. The number of amides is 2. The summed E-state index contributed by atoms with van der Waals surface area (Å²) in [5, 5.41) is 10.2. The minimum absolute atomic E-state index is 0.0526. The molecule has 0 spiro atoms. The maximum Gasteiger partial charge on any atom is 0.241 e. The van der Waals surface area contributed by atoms with Gasteiger partial charge in [-0.1, -0.05) is 20.8 Å². The minimum atomic E-state index is -0.146. The molecule has 8 heteroatoms. The average molecular weight is 354 g/mol. The third-order valence-electron chi connectivity index (χ3n) is 3.49. The van der Waals surface area contributed by atoms with E-state index in [0.717, 1.165) is 22.8 Å². The monoisotopic (exact) mass is 354 g/mol. The van der Waals surface area contributed by atoms with Crippen LogP contribution in [-0.2, 0) is 32.4 Å². The number of rotatable bonds is 7. The van der Waals surface area contributed by atoms with E-state index in [0.29, 0.717) is 25.4 Å². The molecule has 0 saturated heterocycles. The van der Waals surface area contributed by atoms with Gasteiger partial charge in [-0.15, -0.1) is 0 Å². The fraction of sp³-hybridized carbons (Fsp3) is 0.688. The molecule has 1 aliphatic rings. The lowest BCUT2D eigenvalue weighted by atomic mass is 9.92. The molecule has 0 radical (unpaired) electrons. The number of nitrogens with one attached hydrogen (secondary N) is 2. The summed E-state index contributed by atoms with van der Waals surface area (Å²) in [4.78, 5) is 24.3. The highest BCUT2D eigenvalue weighted by atomic mass is 32.2.